The Bertz CT molecular complexity index is 1030. The number of aromatic hydroxyl groups is 6. The maximum Gasteiger partial charge on any atom is 0.200 e. The summed E-state index contributed by atoms with van der Waals surface area (Å²) in [6.07, 6.45) is 0. The third kappa shape index (κ3) is 3.24. The van der Waals surface area contributed by atoms with Crippen LogP contribution >= 0.6 is 0 Å². The Morgan fingerprint density at radius 2 is 0.867 bits per heavy atom. The summed E-state index contributed by atoms with van der Waals surface area (Å²) in [5.41, 5.74) is 1.10. The van der Waals surface area contributed by atoms with Crippen LogP contribution in [0.25, 0.3) is 0 Å². The molecule has 0 atom stereocenters. The standard InChI is InChI=1S/C24H26O6/c1-23(2,15-8-10-17(25)21(29)19(15)27)13-6-5-7-14(12-13)24(3,4)16-9-11-18(26)22(30)20(16)28/h5-12,25-30H,1-4H3. The highest BCUT2D eigenvalue weighted by molar-refractivity contribution is 5.60. The Hall–Kier alpha value is -3.54. The van der Waals surface area contributed by atoms with Gasteiger partial charge in [0.05, 0.1) is 0 Å². The first-order chi connectivity index (χ1) is 13.9. The minimum Gasteiger partial charge on any atom is -0.504 e. The van der Waals surface area contributed by atoms with E-state index in [1.54, 1.807) is 12.1 Å². The molecule has 0 amide bonds. The molecule has 0 heterocycles. The fraction of sp³-hybridized carbons (Fsp3) is 0.250. The molecule has 0 saturated heterocycles. The van der Waals surface area contributed by atoms with E-state index in [0.717, 1.165) is 11.1 Å². The van der Waals surface area contributed by atoms with Crippen LogP contribution in [0.4, 0.5) is 0 Å². The molecular formula is C24H26O6. The van der Waals surface area contributed by atoms with Gasteiger partial charge in [0.25, 0.3) is 0 Å². The van der Waals surface area contributed by atoms with E-state index in [9.17, 15) is 30.6 Å². The van der Waals surface area contributed by atoms with Crippen LogP contribution in [0.15, 0.2) is 48.5 Å². The van der Waals surface area contributed by atoms with E-state index in [1.165, 1.54) is 12.1 Å². The molecule has 3 aromatic rings. The highest BCUT2D eigenvalue weighted by Gasteiger charge is 2.32. The van der Waals surface area contributed by atoms with Crippen molar-refractivity contribution in [3.8, 4) is 34.5 Å². The van der Waals surface area contributed by atoms with Crippen LogP contribution in [-0.2, 0) is 10.8 Å². The summed E-state index contributed by atoms with van der Waals surface area (Å²) in [6, 6.07) is 13.3. The molecule has 3 rings (SSSR count). The van der Waals surface area contributed by atoms with Crippen molar-refractivity contribution in [1.29, 1.82) is 0 Å². The maximum atomic E-state index is 10.4. The molecule has 6 N–H and O–H groups in total. The van der Waals surface area contributed by atoms with Crippen molar-refractivity contribution in [2.45, 2.75) is 38.5 Å². The molecule has 0 aliphatic heterocycles. The summed E-state index contributed by atoms with van der Waals surface area (Å²) in [5.74, 6) is -2.70. The second-order valence-electron chi connectivity index (χ2n) is 8.49. The molecular weight excluding hydrogens is 384 g/mol. The summed E-state index contributed by atoms with van der Waals surface area (Å²) >= 11 is 0. The van der Waals surface area contributed by atoms with Crippen LogP contribution in [0.1, 0.15) is 49.9 Å². The van der Waals surface area contributed by atoms with Crippen LogP contribution in [-0.4, -0.2) is 30.6 Å². The van der Waals surface area contributed by atoms with E-state index >= 15 is 0 Å². The van der Waals surface area contributed by atoms with Crippen molar-refractivity contribution < 1.29 is 30.6 Å². The normalized spacial score (nSPS) is 12.1. The van der Waals surface area contributed by atoms with Gasteiger partial charge in [0.1, 0.15) is 0 Å². The van der Waals surface area contributed by atoms with Crippen LogP contribution < -0.4 is 0 Å². The van der Waals surface area contributed by atoms with E-state index in [1.807, 2.05) is 52.0 Å². The number of hydrogen-bond donors (Lipinski definition) is 6. The molecule has 0 aliphatic rings. The smallest absolute Gasteiger partial charge is 0.200 e. The van der Waals surface area contributed by atoms with Crippen molar-refractivity contribution in [3.63, 3.8) is 0 Å². The molecule has 0 spiro atoms. The first kappa shape index (κ1) is 21.2. The van der Waals surface area contributed by atoms with E-state index < -0.39 is 33.8 Å². The molecule has 0 unspecified atom stereocenters. The summed E-state index contributed by atoms with van der Waals surface area (Å²) in [6.45, 7) is 7.53. The number of phenolic OH excluding ortho intramolecular Hbond substituents is 6. The van der Waals surface area contributed by atoms with Gasteiger partial charge in [0.15, 0.2) is 23.0 Å². The largest absolute Gasteiger partial charge is 0.504 e. The Kier molecular flexibility index (Phi) is 4.98. The lowest BCUT2D eigenvalue weighted by Gasteiger charge is -2.31. The summed E-state index contributed by atoms with van der Waals surface area (Å²) in [5, 5.41) is 59.9. The molecule has 3 aromatic carbocycles. The lowest BCUT2D eigenvalue weighted by Crippen LogP contribution is -2.23. The average Bonchev–Trinajstić information content (AvgIpc) is 2.70. The van der Waals surface area contributed by atoms with E-state index in [0.29, 0.717) is 11.1 Å². The van der Waals surface area contributed by atoms with Crippen LogP contribution in [0.2, 0.25) is 0 Å². The highest BCUT2D eigenvalue weighted by atomic mass is 16.3. The minimum atomic E-state index is -0.722. The average molecular weight is 410 g/mol. The lowest BCUT2D eigenvalue weighted by atomic mass is 9.73. The Morgan fingerprint density at radius 3 is 1.23 bits per heavy atom. The molecule has 0 fully saturated rings. The van der Waals surface area contributed by atoms with Gasteiger partial charge in [-0.1, -0.05) is 64.1 Å². The van der Waals surface area contributed by atoms with E-state index in [2.05, 4.69) is 0 Å². The SMILES string of the molecule is CC(C)(c1cccc(C(C)(C)c2ccc(O)c(O)c2O)c1)c1ccc(O)c(O)c1O. The topological polar surface area (TPSA) is 121 Å². The Labute approximate surface area is 175 Å². The second-order valence-corrected chi connectivity index (χ2v) is 8.49. The summed E-state index contributed by atoms with van der Waals surface area (Å²) in [7, 11) is 0. The number of benzene rings is 3. The molecule has 0 bridgehead atoms. The number of hydrogen-bond acceptors (Lipinski definition) is 6. The van der Waals surface area contributed by atoms with E-state index in [4.69, 9.17) is 0 Å². The Morgan fingerprint density at radius 1 is 0.500 bits per heavy atom. The van der Waals surface area contributed by atoms with Gasteiger partial charge in [-0.05, 0) is 23.3 Å². The van der Waals surface area contributed by atoms with Crippen molar-refractivity contribution in [1.82, 2.24) is 0 Å². The first-order valence-corrected chi connectivity index (χ1v) is 9.48. The van der Waals surface area contributed by atoms with Crippen molar-refractivity contribution >= 4 is 0 Å². The number of phenols is 6. The van der Waals surface area contributed by atoms with Crippen molar-refractivity contribution in [3.05, 3.63) is 70.8 Å². The quantitative estimate of drug-likeness (QED) is 0.350. The zero-order chi connectivity index (χ0) is 22.4. The third-order valence-corrected chi connectivity index (χ3v) is 5.91. The molecule has 0 aromatic heterocycles. The molecule has 6 nitrogen and oxygen atoms in total. The van der Waals surface area contributed by atoms with Gasteiger partial charge >= 0.3 is 0 Å². The van der Waals surface area contributed by atoms with Crippen molar-refractivity contribution in [2.24, 2.45) is 0 Å². The van der Waals surface area contributed by atoms with Gasteiger partial charge in [-0.15, -0.1) is 0 Å². The van der Waals surface area contributed by atoms with Gasteiger partial charge in [-0.3, -0.25) is 0 Å². The molecule has 0 radical (unpaired) electrons. The van der Waals surface area contributed by atoms with Crippen LogP contribution in [0, 0.1) is 0 Å². The lowest BCUT2D eigenvalue weighted by molar-refractivity contribution is 0.360. The fourth-order valence-corrected chi connectivity index (χ4v) is 3.75. The molecule has 158 valence electrons. The fourth-order valence-electron chi connectivity index (χ4n) is 3.75. The summed E-state index contributed by atoms with van der Waals surface area (Å²) in [4.78, 5) is 0. The second kappa shape index (κ2) is 7.06. The summed E-state index contributed by atoms with van der Waals surface area (Å²) < 4.78 is 0. The zero-order valence-electron chi connectivity index (χ0n) is 17.3. The molecule has 30 heavy (non-hydrogen) atoms. The predicted molar refractivity (Wildman–Crippen MR) is 114 cm³/mol. The predicted octanol–water partition coefficient (Wildman–Crippen LogP) is 4.57. The first-order valence-electron chi connectivity index (χ1n) is 9.48. The van der Waals surface area contributed by atoms with Crippen molar-refractivity contribution in [2.75, 3.05) is 0 Å². The van der Waals surface area contributed by atoms with Gasteiger partial charge < -0.3 is 30.6 Å². The zero-order valence-corrected chi connectivity index (χ0v) is 17.3. The Balaban J connectivity index is 2.12. The van der Waals surface area contributed by atoms with Gasteiger partial charge in [0.2, 0.25) is 11.5 Å². The van der Waals surface area contributed by atoms with Gasteiger partial charge in [-0.25, -0.2) is 0 Å². The highest BCUT2D eigenvalue weighted by Crippen LogP contribution is 2.47. The van der Waals surface area contributed by atoms with E-state index in [-0.39, 0.29) is 11.5 Å². The van der Waals surface area contributed by atoms with Gasteiger partial charge in [0, 0.05) is 22.0 Å². The maximum absolute atomic E-state index is 10.4. The van der Waals surface area contributed by atoms with Crippen LogP contribution in [0.5, 0.6) is 34.5 Å². The third-order valence-electron chi connectivity index (χ3n) is 5.91. The minimum absolute atomic E-state index is 0.384. The molecule has 6 heteroatoms. The molecule has 0 saturated carbocycles. The molecule has 0 aliphatic carbocycles. The number of rotatable bonds is 4. The van der Waals surface area contributed by atoms with Crippen LogP contribution in [0.3, 0.4) is 0 Å². The monoisotopic (exact) mass is 410 g/mol. The van der Waals surface area contributed by atoms with Gasteiger partial charge in [-0.2, -0.15) is 0 Å².